The third kappa shape index (κ3) is 2.94. The van der Waals surface area contributed by atoms with E-state index in [9.17, 15) is 10.2 Å². The zero-order valence-corrected chi connectivity index (χ0v) is 13.8. The first-order chi connectivity index (χ1) is 10.7. The Bertz CT molecular complexity index is 706. The second kappa shape index (κ2) is 5.29. The van der Waals surface area contributed by atoms with Crippen LogP contribution < -0.4 is 5.46 Å². The summed E-state index contributed by atoms with van der Waals surface area (Å²) in [7, 11) is -0.525. The highest BCUT2D eigenvalue weighted by Crippen LogP contribution is 2.37. The lowest BCUT2D eigenvalue weighted by Gasteiger charge is -2.32. The van der Waals surface area contributed by atoms with Gasteiger partial charge in [0.1, 0.15) is 11.5 Å². The van der Waals surface area contributed by atoms with Crippen LogP contribution in [-0.2, 0) is 9.31 Å². The lowest BCUT2D eigenvalue weighted by atomic mass is 9.77. The van der Waals surface area contributed by atoms with E-state index in [0.717, 1.165) is 16.6 Å². The van der Waals surface area contributed by atoms with Crippen molar-refractivity contribution < 1.29 is 19.5 Å². The van der Waals surface area contributed by atoms with Gasteiger partial charge in [0, 0.05) is 0 Å². The average molecular weight is 312 g/mol. The van der Waals surface area contributed by atoms with Crippen molar-refractivity contribution in [1.29, 1.82) is 0 Å². The van der Waals surface area contributed by atoms with Crippen molar-refractivity contribution in [2.45, 2.75) is 38.9 Å². The van der Waals surface area contributed by atoms with Crippen molar-refractivity contribution in [3.8, 4) is 22.6 Å². The minimum atomic E-state index is -0.525. The Morgan fingerprint density at radius 2 is 1.30 bits per heavy atom. The van der Waals surface area contributed by atoms with Crippen molar-refractivity contribution in [1.82, 2.24) is 0 Å². The van der Waals surface area contributed by atoms with Gasteiger partial charge in [-0.25, -0.2) is 0 Å². The molecule has 0 unspecified atom stereocenters. The van der Waals surface area contributed by atoms with Gasteiger partial charge in [0.15, 0.2) is 0 Å². The van der Waals surface area contributed by atoms with E-state index in [4.69, 9.17) is 9.31 Å². The summed E-state index contributed by atoms with van der Waals surface area (Å²) < 4.78 is 12.1. The molecule has 2 N–H and O–H groups in total. The molecule has 0 radical (unpaired) electrons. The Balaban J connectivity index is 1.97. The first kappa shape index (κ1) is 15.9. The maximum atomic E-state index is 10.1. The second-order valence-corrected chi connectivity index (χ2v) is 6.95. The molecule has 2 aromatic carbocycles. The molecule has 1 heterocycles. The summed E-state index contributed by atoms with van der Waals surface area (Å²) in [6.07, 6.45) is 0. The number of phenols is 2. The molecule has 1 aliphatic rings. The van der Waals surface area contributed by atoms with Gasteiger partial charge in [-0.3, -0.25) is 0 Å². The predicted molar refractivity (Wildman–Crippen MR) is 90.9 cm³/mol. The van der Waals surface area contributed by atoms with Crippen LogP contribution in [0.3, 0.4) is 0 Å². The lowest BCUT2D eigenvalue weighted by molar-refractivity contribution is 0.00578. The molecule has 0 spiro atoms. The SMILES string of the molecule is CC1(C)OB(c2cc(O)cc(-c3ccc(O)cc3)c2)OC1(C)C. The fraction of sp³-hybridized carbons (Fsp3) is 0.333. The van der Waals surface area contributed by atoms with E-state index >= 15 is 0 Å². The molecule has 2 aromatic rings. The summed E-state index contributed by atoms with van der Waals surface area (Å²) in [5, 5.41) is 19.5. The summed E-state index contributed by atoms with van der Waals surface area (Å²) in [6, 6.07) is 12.1. The van der Waals surface area contributed by atoms with E-state index < -0.39 is 18.3 Å². The number of aromatic hydroxyl groups is 2. The number of hydrogen-bond acceptors (Lipinski definition) is 4. The van der Waals surface area contributed by atoms with Crippen molar-refractivity contribution in [2.75, 3.05) is 0 Å². The van der Waals surface area contributed by atoms with Crippen LogP contribution in [0.4, 0.5) is 0 Å². The van der Waals surface area contributed by atoms with Gasteiger partial charge in [-0.05, 0) is 68.6 Å². The molecule has 0 aliphatic carbocycles. The Morgan fingerprint density at radius 3 is 1.87 bits per heavy atom. The monoisotopic (exact) mass is 312 g/mol. The average Bonchev–Trinajstić information content (AvgIpc) is 2.67. The minimum absolute atomic E-state index is 0.153. The fourth-order valence-corrected chi connectivity index (χ4v) is 2.57. The van der Waals surface area contributed by atoms with Crippen molar-refractivity contribution >= 4 is 12.6 Å². The summed E-state index contributed by atoms with van der Waals surface area (Å²) in [4.78, 5) is 0. The normalized spacial score (nSPS) is 19.0. The van der Waals surface area contributed by atoms with Crippen LogP contribution in [-0.4, -0.2) is 28.5 Å². The van der Waals surface area contributed by atoms with E-state index in [1.807, 2.05) is 33.8 Å². The summed E-state index contributed by atoms with van der Waals surface area (Å²) in [6.45, 7) is 7.99. The molecule has 0 saturated carbocycles. The van der Waals surface area contributed by atoms with Gasteiger partial charge >= 0.3 is 7.12 Å². The second-order valence-electron chi connectivity index (χ2n) is 6.95. The maximum absolute atomic E-state index is 10.1. The molecule has 0 atom stereocenters. The van der Waals surface area contributed by atoms with Gasteiger partial charge in [0.05, 0.1) is 11.2 Å². The highest BCUT2D eigenvalue weighted by Gasteiger charge is 2.51. The Labute approximate surface area is 136 Å². The van der Waals surface area contributed by atoms with Gasteiger partial charge in [-0.15, -0.1) is 0 Å². The van der Waals surface area contributed by atoms with Gasteiger partial charge in [-0.2, -0.15) is 0 Å². The van der Waals surface area contributed by atoms with Crippen LogP contribution in [0, 0.1) is 0 Å². The molecule has 23 heavy (non-hydrogen) atoms. The Hall–Kier alpha value is -1.98. The summed E-state index contributed by atoms with van der Waals surface area (Å²) in [5.74, 6) is 0.361. The zero-order chi connectivity index (χ0) is 16.8. The smallest absolute Gasteiger partial charge is 0.494 e. The van der Waals surface area contributed by atoms with Gasteiger partial charge in [0.25, 0.3) is 0 Å². The predicted octanol–water partition coefficient (Wildman–Crippen LogP) is 3.06. The van der Waals surface area contributed by atoms with Crippen LogP contribution >= 0.6 is 0 Å². The molecule has 3 rings (SSSR count). The largest absolute Gasteiger partial charge is 0.508 e. The third-order valence-electron chi connectivity index (χ3n) is 4.67. The van der Waals surface area contributed by atoms with Crippen molar-refractivity contribution in [2.24, 2.45) is 0 Å². The van der Waals surface area contributed by atoms with Crippen LogP contribution in [0.15, 0.2) is 42.5 Å². The number of benzene rings is 2. The van der Waals surface area contributed by atoms with E-state index in [-0.39, 0.29) is 11.5 Å². The zero-order valence-electron chi connectivity index (χ0n) is 13.8. The molecule has 1 aliphatic heterocycles. The molecule has 120 valence electrons. The van der Waals surface area contributed by atoms with Gasteiger partial charge < -0.3 is 19.5 Å². The molecular weight excluding hydrogens is 291 g/mol. The molecule has 1 saturated heterocycles. The highest BCUT2D eigenvalue weighted by molar-refractivity contribution is 6.62. The standard InChI is InChI=1S/C18H21BO4/c1-17(2)18(3,4)23-19(22-17)14-9-13(10-16(21)11-14)12-5-7-15(20)8-6-12/h5-11,20-21H,1-4H3. The number of rotatable bonds is 2. The van der Waals surface area contributed by atoms with Crippen LogP contribution in [0.25, 0.3) is 11.1 Å². The maximum Gasteiger partial charge on any atom is 0.494 e. The Kier molecular flexibility index (Phi) is 3.66. The van der Waals surface area contributed by atoms with Crippen LogP contribution in [0.2, 0.25) is 0 Å². The molecule has 1 fully saturated rings. The quantitative estimate of drug-likeness (QED) is 0.837. The summed E-state index contributed by atoms with van der Waals surface area (Å²) in [5.41, 5.74) is 1.65. The van der Waals surface area contributed by atoms with E-state index in [0.29, 0.717) is 0 Å². The number of hydrogen-bond donors (Lipinski definition) is 2. The van der Waals surface area contributed by atoms with E-state index in [1.54, 1.807) is 36.4 Å². The fourth-order valence-electron chi connectivity index (χ4n) is 2.57. The first-order valence-corrected chi connectivity index (χ1v) is 7.67. The molecular formula is C18H21BO4. The van der Waals surface area contributed by atoms with Gasteiger partial charge in [-0.1, -0.05) is 18.2 Å². The molecule has 4 nitrogen and oxygen atoms in total. The van der Waals surface area contributed by atoms with Crippen LogP contribution in [0.1, 0.15) is 27.7 Å². The highest BCUT2D eigenvalue weighted by atomic mass is 16.7. The van der Waals surface area contributed by atoms with E-state index in [1.165, 1.54) is 0 Å². The number of phenolic OH excluding ortho intramolecular Hbond substituents is 2. The molecule has 0 amide bonds. The van der Waals surface area contributed by atoms with E-state index in [2.05, 4.69) is 0 Å². The lowest BCUT2D eigenvalue weighted by Crippen LogP contribution is -2.41. The third-order valence-corrected chi connectivity index (χ3v) is 4.67. The Morgan fingerprint density at radius 1 is 0.739 bits per heavy atom. The first-order valence-electron chi connectivity index (χ1n) is 7.67. The molecule has 0 bridgehead atoms. The summed E-state index contributed by atoms with van der Waals surface area (Å²) >= 11 is 0. The molecule has 0 aromatic heterocycles. The van der Waals surface area contributed by atoms with Gasteiger partial charge in [0.2, 0.25) is 0 Å². The van der Waals surface area contributed by atoms with Crippen molar-refractivity contribution in [3.63, 3.8) is 0 Å². The van der Waals surface area contributed by atoms with Crippen LogP contribution in [0.5, 0.6) is 11.5 Å². The minimum Gasteiger partial charge on any atom is -0.508 e. The van der Waals surface area contributed by atoms with Crippen molar-refractivity contribution in [3.05, 3.63) is 42.5 Å². The topological polar surface area (TPSA) is 58.9 Å². The molecule has 5 heteroatoms.